The molecule has 3 aromatic heterocycles. The van der Waals surface area contributed by atoms with E-state index in [0.717, 1.165) is 15.6 Å². The molecule has 0 fully saturated rings. The molecule has 110 valence electrons. The van der Waals surface area contributed by atoms with Gasteiger partial charge in [-0.25, -0.2) is 4.98 Å². The van der Waals surface area contributed by atoms with Crippen LogP contribution < -0.4 is 5.32 Å². The Kier molecular flexibility index (Phi) is 4.72. The second-order valence-corrected chi connectivity index (χ2v) is 7.21. The van der Waals surface area contributed by atoms with Gasteiger partial charge in [-0.05, 0) is 23.6 Å². The van der Waals surface area contributed by atoms with Gasteiger partial charge in [-0.15, -0.1) is 22.7 Å². The lowest BCUT2D eigenvalue weighted by atomic mass is 10.2. The topological polar surface area (TPSA) is 60.9 Å². The van der Waals surface area contributed by atoms with E-state index >= 15 is 0 Å². The summed E-state index contributed by atoms with van der Waals surface area (Å²) in [5.41, 5.74) is 0. The Balaban J connectivity index is 1.71. The molecule has 0 unspecified atom stereocenters. The number of halogens is 1. The highest BCUT2D eigenvalue weighted by Crippen LogP contribution is 2.28. The minimum absolute atomic E-state index is 0.0508. The second-order valence-electron chi connectivity index (χ2n) is 4.49. The molecule has 0 spiro atoms. The molecule has 3 N–H and O–H groups in total. The van der Waals surface area contributed by atoms with E-state index in [2.05, 4.69) is 21.4 Å². The van der Waals surface area contributed by atoms with Crippen molar-refractivity contribution in [2.45, 2.75) is 12.1 Å². The van der Waals surface area contributed by atoms with E-state index in [9.17, 15) is 5.11 Å². The van der Waals surface area contributed by atoms with E-state index in [1.165, 1.54) is 11.3 Å². The summed E-state index contributed by atoms with van der Waals surface area (Å²) < 4.78 is 0.685. The number of nitrogens with zero attached hydrogens (tertiary/aromatic N) is 1. The number of thiophene rings is 2. The van der Waals surface area contributed by atoms with Gasteiger partial charge in [0.1, 0.15) is 18.0 Å². The maximum Gasteiger partial charge on any atom is 0.128 e. The van der Waals surface area contributed by atoms with Crippen molar-refractivity contribution in [2.24, 2.45) is 0 Å². The van der Waals surface area contributed by atoms with E-state index in [4.69, 9.17) is 11.6 Å². The van der Waals surface area contributed by atoms with Gasteiger partial charge in [-0.1, -0.05) is 17.7 Å². The molecule has 0 aliphatic rings. The van der Waals surface area contributed by atoms with Gasteiger partial charge in [0.15, 0.2) is 0 Å². The number of aromatic nitrogens is 2. The molecule has 3 aromatic rings. The van der Waals surface area contributed by atoms with Crippen LogP contribution in [0.2, 0.25) is 4.34 Å². The van der Waals surface area contributed by atoms with Crippen molar-refractivity contribution in [3.8, 4) is 0 Å². The first-order valence-corrected chi connectivity index (χ1v) is 8.51. The van der Waals surface area contributed by atoms with E-state index in [1.54, 1.807) is 29.8 Å². The monoisotopic (exact) mass is 339 g/mol. The second kappa shape index (κ2) is 6.72. The number of nitrogens with one attached hydrogen (secondary N) is 2. The summed E-state index contributed by atoms with van der Waals surface area (Å²) >= 11 is 8.96. The smallest absolute Gasteiger partial charge is 0.128 e. The van der Waals surface area contributed by atoms with Gasteiger partial charge in [-0.2, -0.15) is 0 Å². The SMILES string of the molecule is O[C@@H](CN[C@@H](c1ncc[nH]1)c1cccs1)c1ccc(Cl)s1. The molecule has 0 saturated heterocycles. The van der Waals surface area contributed by atoms with Crippen LogP contribution in [0.4, 0.5) is 0 Å². The number of aliphatic hydroxyl groups excluding tert-OH is 1. The summed E-state index contributed by atoms with van der Waals surface area (Å²) in [6, 6.07) is 7.66. The first-order valence-electron chi connectivity index (χ1n) is 6.43. The van der Waals surface area contributed by atoms with Crippen LogP contribution in [0.3, 0.4) is 0 Å². The normalized spacial score (nSPS) is 14.2. The molecule has 2 atom stereocenters. The Hall–Kier alpha value is -1.18. The third-order valence-electron chi connectivity index (χ3n) is 3.06. The van der Waals surface area contributed by atoms with Crippen molar-refractivity contribution >= 4 is 34.3 Å². The fourth-order valence-electron chi connectivity index (χ4n) is 2.06. The fraction of sp³-hybridized carbons (Fsp3) is 0.214. The summed E-state index contributed by atoms with van der Waals surface area (Å²) in [5.74, 6) is 0.842. The zero-order chi connectivity index (χ0) is 14.7. The predicted molar refractivity (Wildman–Crippen MR) is 87.0 cm³/mol. The van der Waals surface area contributed by atoms with Gasteiger partial charge in [0.25, 0.3) is 0 Å². The predicted octanol–water partition coefficient (Wildman–Crippen LogP) is 3.60. The molecular weight excluding hydrogens is 326 g/mol. The Morgan fingerprint density at radius 2 is 2.24 bits per heavy atom. The number of hydrogen-bond acceptors (Lipinski definition) is 5. The number of H-pyrrole nitrogens is 1. The van der Waals surface area contributed by atoms with Crippen molar-refractivity contribution in [1.82, 2.24) is 15.3 Å². The van der Waals surface area contributed by atoms with Gasteiger partial charge in [0.05, 0.1) is 4.34 Å². The van der Waals surface area contributed by atoms with E-state index in [0.29, 0.717) is 10.9 Å². The van der Waals surface area contributed by atoms with Crippen molar-refractivity contribution < 1.29 is 5.11 Å². The largest absolute Gasteiger partial charge is 0.386 e. The average Bonchev–Trinajstić information content (AvgIpc) is 3.21. The molecule has 4 nitrogen and oxygen atoms in total. The van der Waals surface area contributed by atoms with E-state index < -0.39 is 6.10 Å². The number of aromatic amines is 1. The van der Waals surface area contributed by atoms with Crippen LogP contribution in [0.25, 0.3) is 0 Å². The van der Waals surface area contributed by atoms with Crippen LogP contribution in [0.5, 0.6) is 0 Å². The first kappa shape index (κ1) is 14.7. The zero-order valence-electron chi connectivity index (χ0n) is 11.0. The van der Waals surface area contributed by atoms with Crippen LogP contribution >= 0.6 is 34.3 Å². The highest BCUT2D eigenvalue weighted by atomic mass is 35.5. The molecule has 0 aromatic carbocycles. The van der Waals surface area contributed by atoms with Gasteiger partial charge in [-0.3, -0.25) is 0 Å². The number of imidazole rings is 1. The maximum atomic E-state index is 10.2. The van der Waals surface area contributed by atoms with Gasteiger partial charge >= 0.3 is 0 Å². The molecule has 0 radical (unpaired) electrons. The lowest BCUT2D eigenvalue weighted by molar-refractivity contribution is 0.175. The van der Waals surface area contributed by atoms with Crippen LogP contribution in [0.1, 0.15) is 27.7 Å². The zero-order valence-corrected chi connectivity index (χ0v) is 13.4. The Labute approximate surface area is 135 Å². The molecule has 0 aliphatic carbocycles. The number of aliphatic hydroxyl groups is 1. The standard InChI is InChI=1S/C14H14ClN3OS2/c15-12-4-3-10(21-12)9(19)8-18-13(11-2-1-7-20-11)14-16-5-6-17-14/h1-7,9,13,18-19H,8H2,(H,16,17)/t9-,13+/m0/s1. The Morgan fingerprint density at radius 3 is 2.86 bits per heavy atom. The van der Waals surface area contributed by atoms with E-state index in [1.807, 2.05) is 17.5 Å². The van der Waals surface area contributed by atoms with Crippen molar-refractivity contribution in [3.63, 3.8) is 0 Å². The summed E-state index contributed by atoms with van der Waals surface area (Å²) in [6.07, 6.45) is 2.94. The average molecular weight is 340 g/mol. The Bertz CT molecular complexity index is 632. The van der Waals surface area contributed by atoms with Crippen LogP contribution in [-0.4, -0.2) is 21.6 Å². The van der Waals surface area contributed by atoms with Gasteiger partial charge < -0.3 is 15.4 Å². The summed E-state index contributed by atoms with van der Waals surface area (Å²) in [7, 11) is 0. The molecular formula is C14H14ClN3OS2. The van der Waals surface area contributed by atoms with Crippen molar-refractivity contribution in [3.05, 3.63) is 62.0 Å². The summed E-state index contributed by atoms with van der Waals surface area (Å²) in [4.78, 5) is 9.45. The van der Waals surface area contributed by atoms with E-state index in [-0.39, 0.29) is 6.04 Å². The molecule has 0 saturated carbocycles. The first-order chi connectivity index (χ1) is 10.2. The highest BCUT2D eigenvalue weighted by Gasteiger charge is 2.19. The number of rotatable bonds is 6. The molecule has 0 bridgehead atoms. The summed E-state index contributed by atoms with van der Waals surface area (Å²) in [6.45, 7) is 0.431. The van der Waals surface area contributed by atoms with Crippen LogP contribution in [-0.2, 0) is 0 Å². The van der Waals surface area contributed by atoms with Crippen molar-refractivity contribution in [2.75, 3.05) is 6.54 Å². The minimum Gasteiger partial charge on any atom is -0.386 e. The van der Waals surface area contributed by atoms with Gasteiger partial charge in [0.2, 0.25) is 0 Å². The third kappa shape index (κ3) is 3.53. The fourth-order valence-corrected chi connectivity index (χ4v) is 3.91. The van der Waals surface area contributed by atoms with Crippen molar-refractivity contribution in [1.29, 1.82) is 0 Å². The molecule has 3 heterocycles. The lowest BCUT2D eigenvalue weighted by Gasteiger charge is -2.17. The van der Waals surface area contributed by atoms with Gasteiger partial charge in [0, 0.05) is 28.7 Å². The molecule has 21 heavy (non-hydrogen) atoms. The summed E-state index contributed by atoms with van der Waals surface area (Å²) in [5, 5.41) is 15.6. The highest BCUT2D eigenvalue weighted by molar-refractivity contribution is 7.16. The lowest BCUT2D eigenvalue weighted by Crippen LogP contribution is -2.27. The maximum absolute atomic E-state index is 10.2. The molecule has 3 rings (SSSR count). The van der Waals surface area contributed by atoms with Crippen LogP contribution in [0, 0.1) is 0 Å². The molecule has 0 amide bonds. The third-order valence-corrected chi connectivity index (χ3v) is 5.33. The molecule has 0 aliphatic heterocycles. The molecule has 7 heteroatoms. The Morgan fingerprint density at radius 1 is 1.33 bits per heavy atom. The minimum atomic E-state index is -0.583. The van der Waals surface area contributed by atoms with Crippen LogP contribution in [0.15, 0.2) is 42.0 Å². The number of hydrogen-bond donors (Lipinski definition) is 3. The quantitative estimate of drug-likeness (QED) is 0.643.